The third-order valence-electron chi connectivity index (χ3n) is 4.04. The van der Waals surface area contributed by atoms with Crippen LogP contribution in [0.3, 0.4) is 0 Å². The summed E-state index contributed by atoms with van der Waals surface area (Å²) in [7, 11) is 0. The Balaban J connectivity index is 2.24. The highest BCUT2D eigenvalue weighted by Crippen LogP contribution is 2.40. The summed E-state index contributed by atoms with van der Waals surface area (Å²) in [6, 6.07) is 0. The standard InChI is InChI=1S/C14H15FN4O5/c1-3-14(23)9(21)8(5(2)20)24-12(14)19-4-6(15)7-10(19)17-13(16)18-11(7)22/h1,4-5,8-9,12,20-21,23H,2H3,(H3,16,17,18,22)/t5-,8-,9+,12-,14?/m1/s1. The van der Waals surface area contributed by atoms with Gasteiger partial charge in [-0.2, -0.15) is 4.98 Å². The van der Waals surface area contributed by atoms with Crippen LogP contribution in [0.1, 0.15) is 13.2 Å². The van der Waals surface area contributed by atoms with Crippen LogP contribution in [0.2, 0.25) is 0 Å². The van der Waals surface area contributed by atoms with Crippen LogP contribution in [0.15, 0.2) is 11.0 Å². The van der Waals surface area contributed by atoms with E-state index >= 15 is 0 Å². The number of nitrogens with one attached hydrogen (secondary N) is 1. The predicted octanol–water partition coefficient (Wildman–Crippen LogP) is -1.55. The fraction of sp³-hybridized carbons (Fsp3) is 0.429. The van der Waals surface area contributed by atoms with Gasteiger partial charge in [0.15, 0.2) is 23.3 Å². The number of H-pyrrole nitrogens is 1. The van der Waals surface area contributed by atoms with Gasteiger partial charge in [0.05, 0.1) is 6.10 Å². The van der Waals surface area contributed by atoms with Crippen molar-refractivity contribution in [3.63, 3.8) is 0 Å². The Labute approximate surface area is 134 Å². The summed E-state index contributed by atoms with van der Waals surface area (Å²) in [5.41, 5.74) is 2.16. The molecule has 0 aromatic carbocycles. The largest absolute Gasteiger partial charge is 0.391 e. The van der Waals surface area contributed by atoms with E-state index in [4.69, 9.17) is 16.9 Å². The van der Waals surface area contributed by atoms with Crippen molar-refractivity contribution in [3.8, 4) is 12.3 Å². The van der Waals surface area contributed by atoms with Crippen LogP contribution in [-0.4, -0.2) is 53.8 Å². The van der Waals surface area contributed by atoms with Crippen molar-refractivity contribution in [2.24, 2.45) is 0 Å². The van der Waals surface area contributed by atoms with Gasteiger partial charge in [0.1, 0.15) is 17.6 Å². The molecule has 10 heteroatoms. The highest BCUT2D eigenvalue weighted by Gasteiger charge is 2.57. The number of aromatic nitrogens is 3. The summed E-state index contributed by atoms with van der Waals surface area (Å²) in [4.78, 5) is 17.8. The monoisotopic (exact) mass is 338 g/mol. The molecule has 0 amide bonds. The Morgan fingerprint density at radius 2 is 2.33 bits per heavy atom. The van der Waals surface area contributed by atoms with Gasteiger partial charge >= 0.3 is 0 Å². The minimum atomic E-state index is -2.28. The minimum absolute atomic E-state index is 0.217. The molecule has 128 valence electrons. The summed E-state index contributed by atoms with van der Waals surface area (Å²) in [6.45, 7) is 1.34. The number of fused-ring (bicyclic) bond motifs is 1. The number of nitrogens with zero attached hydrogens (tertiary/aromatic N) is 2. The number of nitrogens with two attached hydrogens (primary N) is 1. The second-order valence-corrected chi connectivity index (χ2v) is 5.64. The predicted molar refractivity (Wildman–Crippen MR) is 80.1 cm³/mol. The molecule has 1 unspecified atom stereocenters. The number of anilines is 1. The second-order valence-electron chi connectivity index (χ2n) is 5.64. The molecule has 9 nitrogen and oxygen atoms in total. The average molecular weight is 338 g/mol. The second kappa shape index (κ2) is 5.29. The highest BCUT2D eigenvalue weighted by atomic mass is 19.1. The van der Waals surface area contributed by atoms with E-state index in [1.165, 1.54) is 6.92 Å². The first kappa shape index (κ1) is 16.4. The van der Waals surface area contributed by atoms with Gasteiger partial charge in [-0.1, -0.05) is 5.92 Å². The van der Waals surface area contributed by atoms with Gasteiger partial charge in [-0.3, -0.25) is 14.3 Å². The summed E-state index contributed by atoms with van der Waals surface area (Å²) < 4.78 is 20.6. The molecule has 0 radical (unpaired) electrons. The summed E-state index contributed by atoms with van der Waals surface area (Å²) in [6.07, 6.45) is 0.646. The number of aromatic amines is 1. The molecule has 24 heavy (non-hydrogen) atoms. The molecule has 6 N–H and O–H groups in total. The summed E-state index contributed by atoms with van der Waals surface area (Å²) in [5, 5.41) is 30.1. The SMILES string of the molecule is C#CC1(O)[C@@H](O)[C@@H]([C@@H](C)O)O[C@H]1n1cc(F)c2c(=O)[nH]c(N)nc21. The lowest BCUT2D eigenvalue weighted by atomic mass is 9.93. The lowest BCUT2D eigenvalue weighted by Crippen LogP contribution is -2.47. The number of terminal acetylenes is 1. The Morgan fingerprint density at radius 1 is 1.67 bits per heavy atom. The normalized spacial score (nSPS) is 31.2. The molecule has 2 aromatic rings. The lowest BCUT2D eigenvalue weighted by molar-refractivity contribution is -0.0846. The van der Waals surface area contributed by atoms with Crippen molar-refractivity contribution >= 4 is 17.0 Å². The molecule has 1 saturated heterocycles. The molecule has 0 aliphatic carbocycles. The van der Waals surface area contributed by atoms with Crippen molar-refractivity contribution in [3.05, 3.63) is 22.4 Å². The van der Waals surface area contributed by atoms with E-state index in [1.807, 2.05) is 5.92 Å². The smallest absolute Gasteiger partial charge is 0.264 e. The first-order valence-corrected chi connectivity index (χ1v) is 6.98. The van der Waals surface area contributed by atoms with Crippen molar-refractivity contribution < 1.29 is 24.4 Å². The van der Waals surface area contributed by atoms with Crippen LogP contribution in [0.5, 0.6) is 0 Å². The maximum Gasteiger partial charge on any atom is 0.264 e. The van der Waals surface area contributed by atoms with Crippen molar-refractivity contribution in [2.45, 2.75) is 37.1 Å². The maximum atomic E-state index is 14.1. The Hall–Kier alpha value is -2.45. The quantitative estimate of drug-likeness (QED) is 0.417. The van der Waals surface area contributed by atoms with Crippen LogP contribution in [0.25, 0.3) is 11.0 Å². The average Bonchev–Trinajstić information content (AvgIpc) is 2.95. The summed E-state index contributed by atoms with van der Waals surface area (Å²) in [5.74, 6) is 0.798. The van der Waals surface area contributed by atoms with Crippen molar-refractivity contribution in [2.75, 3.05) is 5.73 Å². The van der Waals surface area contributed by atoms with Gasteiger partial charge < -0.3 is 25.8 Å². The van der Waals surface area contributed by atoms with Crippen LogP contribution < -0.4 is 11.3 Å². The first-order chi connectivity index (χ1) is 11.2. The Kier molecular flexibility index (Phi) is 3.61. The van der Waals surface area contributed by atoms with Crippen LogP contribution in [-0.2, 0) is 4.74 Å². The fourth-order valence-corrected chi connectivity index (χ4v) is 2.84. The number of ether oxygens (including phenoxy) is 1. The molecule has 5 atom stereocenters. The van der Waals surface area contributed by atoms with Crippen molar-refractivity contribution in [1.29, 1.82) is 0 Å². The molecule has 0 saturated carbocycles. The molecule has 0 spiro atoms. The van der Waals surface area contributed by atoms with Crippen LogP contribution >= 0.6 is 0 Å². The van der Waals surface area contributed by atoms with E-state index in [-0.39, 0.29) is 11.6 Å². The zero-order valence-corrected chi connectivity index (χ0v) is 12.5. The lowest BCUT2D eigenvalue weighted by Gasteiger charge is -2.26. The van der Waals surface area contributed by atoms with E-state index in [0.29, 0.717) is 0 Å². The van der Waals surface area contributed by atoms with E-state index in [2.05, 4.69) is 9.97 Å². The molecule has 1 aliphatic heterocycles. The number of hydrogen-bond donors (Lipinski definition) is 5. The van der Waals surface area contributed by atoms with Crippen LogP contribution in [0.4, 0.5) is 10.3 Å². The number of nitrogen functional groups attached to an aromatic ring is 1. The molecular formula is C14H15FN4O5. The number of aliphatic hydroxyl groups is 3. The molecular weight excluding hydrogens is 323 g/mol. The molecule has 3 rings (SSSR count). The molecule has 3 heterocycles. The minimum Gasteiger partial charge on any atom is -0.391 e. The van der Waals surface area contributed by atoms with E-state index < -0.39 is 46.9 Å². The highest BCUT2D eigenvalue weighted by molar-refractivity contribution is 5.77. The van der Waals surface area contributed by atoms with E-state index in [9.17, 15) is 24.5 Å². The third-order valence-corrected chi connectivity index (χ3v) is 4.04. The maximum absolute atomic E-state index is 14.1. The van der Waals surface area contributed by atoms with Gasteiger partial charge in [0, 0.05) is 6.20 Å². The topological polar surface area (TPSA) is 147 Å². The zero-order valence-electron chi connectivity index (χ0n) is 12.5. The first-order valence-electron chi connectivity index (χ1n) is 6.98. The van der Waals surface area contributed by atoms with Gasteiger partial charge in [-0.25, -0.2) is 4.39 Å². The number of hydrogen-bond acceptors (Lipinski definition) is 7. The zero-order chi connectivity index (χ0) is 17.8. The van der Waals surface area contributed by atoms with Crippen LogP contribution in [0, 0.1) is 18.2 Å². The third kappa shape index (κ3) is 2.10. The number of halogens is 1. The number of aliphatic hydroxyl groups excluding tert-OH is 2. The van der Waals surface area contributed by atoms with Gasteiger partial charge in [-0.05, 0) is 6.92 Å². The van der Waals surface area contributed by atoms with Gasteiger partial charge in [0.25, 0.3) is 5.56 Å². The van der Waals surface area contributed by atoms with Gasteiger partial charge in [0.2, 0.25) is 5.95 Å². The molecule has 2 aromatic heterocycles. The van der Waals surface area contributed by atoms with Gasteiger partial charge in [-0.15, -0.1) is 6.42 Å². The summed E-state index contributed by atoms with van der Waals surface area (Å²) >= 11 is 0. The number of rotatable bonds is 2. The van der Waals surface area contributed by atoms with E-state index in [0.717, 1.165) is 10.8 Å². The molecule has 1 aliphatic rings. The molecule has 1 fully saturated rings. The van der Waals surface area contributed by atoms with E-state index in [1.54, 1.807) is 0 Å². The molecule has 0 bridgehead atoms. The Bertz CT molecular complexity index is 901. The Morgan fingerprint density at radius 3 is 2.92 bits per heavy atom. The van der Waals surface area contributed by atoms with Crippen molar-refractivity contribution in [1.82, 2.24) is 14.5 Å². The fourth-order valence-electron chi connectivity index (χ4n) is 2.84.